The highest BCUT2D eigenvalue weighted by Crippen LogP contribution is 2.08. The van der Waals surface area contributed by atoms with E-state index in [4.69, 9.17) is 11.5 Å². The number of allylic oxidation sites excluding steroid dienone is 2. The molecule has 0 atom stereocenters. The molecule has 2 heteroatoms. The topological polar surface area (TPSA) is 52.0 Å². The summed E-state index contributed by atoms with van der Waals surface area (Å²) in [7, 11) is 0. The van der Waals surface area contributed by atoms with Crippen molar-refractivity contribution in [3.63, 3.8) is 0 Å². The molecule has 0 saturated carbocycles. The smallest absolute Gasteiger partial charge is 0.0478 e. The van der Waals surface area contributed by atoms with Crippen molar-refractivity contribution >= 4 is 11.4 Å². The lowest BCUT2D eigenvalue weighted by Crippen LogP contribution is -1.88. The quantitative estimate of drug-likeness (QED) is 0.564. The maximum Gasteiger partial charge on any atom is 0.0478 e. The van der Waals surface area contributed by atoms with E-state index in [-0.39, 0.29) is 0 Å². The lowest BCUT2D eigenvalue weighted by molar-refractivity contribution is 1.63. The predicted molar refractivity (Wildman–Crippen MR) is 84.6 cm³/mol. The Labute approximate surface area is 119 Å². The van der Waals surface area contributed by atoms with E-state index in [0.717, 1.165) is 11.1 Å². The monoisotopic (exact) mass is 258 g/mol. The summed E-state index contributed by atoms with van der Waals surface area (Å²) in [4.78, 5) is 0. The van der Waals surface area contributed by atoms with E-state index in [1.54, 1.807) is 12.2 Å². The van der Waals surface area contributed by atoms with Gasteiger partial charge >= 0.3 is 0 Å². The van der Waals surface area contributed by atoms with E-state index in [1.165, 1.54) is 0 Å². The normalized spacial score (nSPS) is 9.40. The Kier molecular flexibility index (Phi) is 4.49. The van der Waals surface area contributed by atoms with Gasteiger partial charge in [-0.2, -0.15) is 0 Å². The van der Waals surface area contributed by atoms with Crippen LogP contribution in [0.2, 0.25) is 0 Å². The van der Waals surface area contributed by atoms with Crippen molar-refractivity contribution in [3.05, 3.63) is 71.8 Å². The van der Waals surface area contributed by atoms with Crippen molar-refractivity contribution in [3.8, 4) is 23.7 Å². The minimum Gasteiger partial charge on any atom is -0.398 e. The molecule has 0 heterocycles. The minimum absolute atomic E-state index is 0.677. The number of nitrogen functional groups attached to an aromatic ring is 2. The van der Waals surface area contributed by atoms with E-state index >= 15 is 0 Å². The summed E-state index contributed by atoms with van der Waals surface area (Å²) in [6.45, 7) is 0. The molecule has 0 unspecified atom stereocenters. The summed E-state index contributed by atoms with van der Waals surface area (Å²) in [6.07, 6.45) is 3.39. The molecule has 0 aromatic heterocycles. The fourth-order valence-corrected chi connectivity index (χ4v) is 1.54. The maximum atomic E-state index is 5.79. The van der Waals surface area contributed by atoms with Crippen molar-refractivity contribution < 1.29 is 0 Å². The summed E-state index contributed by atoms with van der Waals surface area (Å²) in [5.41, 5.74) is 14.6. The van der Waals surface area contributed by atoms with E-state index in [0.29, 0.717) is 11.4 Å². The van der Waals surface area contributed by atoms with Crippen LogP contribution < -0.4 is 11.5 Å². The van der Waals surface area contributed by atoms with Crippen LogP contribution in [-0.2, 0) is 0 Å². The molecule has 0 bridgehead atoms. The lowest BCUT2D eigenvalue weighted by Gasteiger charge is -1.94. The van der Waals surface area contributed by atoms with E-state index < -0.39 is 0 Å². The molecule has 0 amide bonds. The molecule has 0 spiro atoms. The van der Waals surface area contributed by atoms with Crippen molar-refractivity contribution in [2.75, 3.05) is 11.5 Å². The van der Waals surface area contributed by atoms with Gasteiger partial charge in [0, 0.05) is 22.5 Å². The summed E-state index contributed by atoms with van der Waals surface area (Å²) < 4.78 is 0. The van der Waals surface area contributed by atoms with Crippen LogP contribution >= 0.6 is 0 Å². The number of para-hydroxylation sites is 2. The highest BCUT2D eigenvalue weighted by molar-refractivity contribution is 5.57. The van der Waals surface area contributed by atoms with E-state index in [9.17, 15) is 0 Å². The molecule has 4 N–H and O–H groups in total. The Balaban J connectivity index is 2.03. The molecule has 0 radical (unpaired) electrons. The molecule has 0 aliphatic rings. The molecule has 0 aliphatic heterocycles. The molecular weight excluding hydrogens is 244 g/mol. The highest BCUT2D eigenvalue weighted by Gasteiger charge is 1.90. The summed E-state index contributed by atoms with van der Waals surface area (Å²) in [5.74, 6) is 11.7. The van der Waals surface area contributed by atoms with Crippen molar-refractivity contribution in [1.29, 1.82) is 0 Å². The van der Waals surface area contributed by atoms with Crippen LogP contribution in [0.25, 0.3) is 0 Å². The average Bonchev–Trinajstić information content (AvgIpc) is 2.46. The summed E-state index contributed by atoms with van der Waals surface area (Å²) in [6, 6.07) is 15.0. The fraction of sp³-hybridized carbons (Fsp3) is 0. The Hall–Kier alpha value is -3.10. The first-order valence-electron chi connectivity index (χ1n) is 6.14. The van der Waals surface area contributed by atoms with Gasteiger partial charge in [0.1, 0.15) is 0 Å². The van der Waals surface area contributed by atoms with Gasteiger partial charge < -0.3 is 11.5 Å². The second-order valence-corrected chi connectivity index (χ2v) is 4.05. The Bertz CT molecular complexity index is 684. The second-order valence-electron chi connectivity index (χ2n) is 4.05. The number of anilines is 2. The van der Waals surface area contributed by atoms with Crippen LogP contribution in [0.5, 0.6) is 0 Å². The van der Waals surface area contributed by atoms with E-state index in [2.05, 4.69) is 23.7 Å². The van der Waals surface area contributed by atoms with Gasteiger partial charge in [0.15, 0.2) is 0 Å². The lowest BCUT2D eigenvalue weighted by atomic mass is 10.2. The molecule has 0 saturated heterocycles. The summed E-state index contributed by atoms with van der Waals surface area (Å²) >= 11 is 0. The van der Waals surface area contributed by atoms with Crippen LogP contribution in [0.15, 0.2) is 60.7 Å². The Morgan fingerprint density at radius 3 is 1.45 bits per heavy atom. The molecule has 2 aromatic carbocycles. The highest BCUT2D eigenvalue weighted by atomic mass is 14.6. The fourth-order valence-electron chi connectivity index (χ4n) is 1.54. The van der Waals surface area contributed by atoms with Crippen molar-refractivity contribution in [2.24, 2.45) is 0 Å². The molecular formula is C18H14N2. The summed E-state index contributed by atoms with van der Waals surface area (Å²) in [5, 5.41) is 0. The van der Waals surface area contributed by atoms with Gasteiger partial charge in [-0.3, -0.25) is 0 Å². The number of hydrogen-bond acceptors (Lipinski definition) is 2. The Morgan fingerprint density at radius 2 is 1.05 bits per heavy atom. The van der Waals surface area contributed by atoms with Crippen LogP contribution in [0.3, 0.4) is 0 Å². The SMILES string of the molecule is Nc1ccccc1C#C/C=C\C#Cc1ccccc1N. The standard InChI is InChI=1S/C18H14N2/c19-17-13-7-5-11-15(17)9-3-1-2-4-10-16-12-6-8-14-18(16)20/h1-2,5-8,11-14H,19-20H2/b2-1-. The Morgan fingerprint density at radius 1 is 0.650 bits per heavy atom. The van der Waals surface area contributed by atoms with Gasteiger partial charge in [-0.1, -0.05) is 47.9 Å². The van der Waals surface area contributed by atoms with E-state index in [1.807, 2.05) is 48.5 Å². The van der Waals surface area contributed by atoms with Crippen LogP contribution in [0.4, 0.5) is 11.4 Å². The molecule has 96 valence electrons. The first kappa shape index (κ1) is 13.3. The minimum atomic E-state index is 0.677. The van der Waals surface area contributed by atoms with Crippen LogP contribution in [-0.4, -0.2) is 0 Å². The zero-order chi connectivity index (χ0) is 14.2. The largest absolute Gasteiger partial charge is 0.398 e. The van der Waals surface area contributed by atoms with Gasteiger partial charge in [0.25, 0.3) is 0 Å². The number of rotatable bonds is 0. The maximum absolute atomic E-state index is 5.79. The number of hydrogen-bond donors (Lipinski definition) is 2. The van der Waals surface area contributed by atoms with Crippen LogP contribution in [0, 0.1) is 23.7 Å². The van der Waals surface area contributed by atoms with Crippen molar-refractivity contribution in [1.82, 2.24) is 0 Å². The molecule has 2 nitrogen and oxygen atoms in total. The molecule has 20 heavy (non-hydrogen) atoms. The van der Waals surface area contributed by atoms with Gasteiger partial charge in [0.2, 0.25) is 0 Å². The number of nitrogens with two attached hydrogens (primary N) is 2. The third-order valence-electron chi connectivity index (χ3n) is 2.59. The molecule has 0 fully saturated rings. The van der Waals surface area contributed by atoms with Crippen LogP contribution in [0.1, 0.15) is 11.1 Å². The van der Waals surface area contributed by atoms with Gasteiger partial charge in [-0.25, -0.2) is 0 Å². The van der Waals surface area contributed by atoms with Gasteiger partial charge in [0.05, 0.1) is 0 Å². The van der Waals surface area contributed by atoms with Crippen molar-refractivity contribution in [2.45, 2.75) is 0 Å². The second kappa shape index (κ2) is 6.73. The van der Waals surface area contributed by atoms with Gasteiger partial charge in [-0.05, 0) is 36.4 Å². The third-order valence-corrected chi connectivity index (χ3v) is 2.59. The average molecular weight is 258 g/mol. The number of benzene rings is 2. The molecule has 2 rings (SSSR count). The zero-order valence-electron chi connectivity index (χ0n) is 10.9. The third kappa shape index (κ3) is 3.70. The predicted octanol–water partition coefficient (Wildman–Crippen LogP) is 2.81. The first-order chi connectivity index (χ1) is 9.77. The molecule has 0 aliphatic carbocycles. The zero-order valence-corrected chi connectivity index (χ0v) is 10.9. The first-order valence-corrected chi connectivity index (χ1v) is 6.14. The van der Waals surface area contributed by atoms with Gasteiger partial charge in [-0.15, -0.1) is 0 Å². The molecule has 2 aromatic rings.